The largest absolute Gasteiger partial charge is 0.507 e. The molecule has 1 aliphatic carbocycles. The fraction of sp³-hybridized carbons (Fsp3) is 0.333. The van der Waals surface area contributed by atoms with Crippen molar-refractivity contribution in [1.82, 2.24) is 5.32 Å². The predicted octanol–water partition coefficient (Wildman–Crippen LogP) is 2.36. The minimum absolute atomic E-state index is 0.0217. The number of carbonyl (C=O) groups excluding carboxylic acids is 1. The topological polar surface area (TPSA) is 73.1 Å². The van der Waals surface area contributed by atoms with E-state index in [4.69, 9.17) is 5.26 Å². The van der Waals surface area contributed by atoms with Gasteiger partial charge in [-0.1, -0.05) is 31.0 Å². The van der Waals surface area contributed by atoms with Crippen molar-refractivity contribution >= 4 is 12.0 Å². The Hall–Kier alpha value is -2.28. The first-order valence-electron chi connectivity index (χ1n) is 6.41. The van der Waals surface area contributed by atoms with Crippen LogP contribution in [0.4, 0.5) is 0 Å². The molecule has 4 nitrogen and oxygen atoms in total. The number of benzene rings is 1. The Bertz CT molecular complexity index is 537. The number of phenols is 1. The maximum absolute atomic E-state index is 12.0. The van der Waals surface area contributed by atoms with Crippen LogP contribution in [-0.2, 0) is 4.79 Å². The van der Waals surface area contributed by atoms with Gasteiger partial charge in [0, 0.05) is 11.6 Å². The number of rotatable bonds is 3. The molecule has 0 saturated heterocycles. The Morgan fingerprint density at radius 3 is 2.68 bits per heavy atom. The summed E-state index contributed by atoms with van der Waals surface area (Å²) in [5.74, 6) is -0.304. The molecule has 0 unspecified atom stereocenters. The summed E-state index contributed by atoms with van der Waals surface area (Å²) < 4.78 is 0. The normalized spacial score (nSPS) is 16.1. The van der Waals surface area contributed by atoms with Gasteiger partial charge in [-0.25, -0.2) is 0 Å². The van der Waals surface area contributed by atoms with Crippen molar-refractivity contribution in [2.75, 3.05) is 0 Å². The van der Waals surface area contributed by atoms with Gasteiger partial charge in [0.2, 0.25) is 0 Å². The summed E-state index contributed by atoms with van der Waals surface area (Å²) in [6.07, 6.45) is 5.60. The molecule has 4 heteroatoms. The van der Waals surface area contributed by atoms with Crippen molar-refractivity contribution in [1.29, 1.82) is 5.26 Å². The van der Waals surface area contributed by atoms with E-state index in [1.54, 1.807) is 18.2 Å². The van der Waals surface area contributed by atoms with Crippen LogP contribution in [-0.4, -0.2) is 17.1 Å². The lowest BCUT2D eigenvalue weighted by Crippen LogP contribution is -2.33. The molecule has 1 aromatic carbocycles. The van der Waals surface area contributed by atoms with Crippen LogP contribution in [0.15, 0.2) is 29.8 Å². The molecular formula is C15H16N2O2. The molecular weight excluding hydrogens is 240 g/mol. The summed E-state index contributed by atoms with van der Waals surface area (Å²) in [5, 5.41) is 21.6. The molecule has 19 heavy (non-hydrogen) atoms. The van der Waals surface area contributed by atoms with E-state index in [1.165, 1.54) is 12.1 Å². The van der Waals surface area contributed by atoms with Gasteiger partial charge in [-0.2, -0.15) is 5.26 Å². The zero-order valence-electron chi connectivity index (χ0n) is 10.6. The number of hydrogen-bond donors (Lipinski definition) is 2. The third-order valence-electron chi connectivity index (χ3n) is 3.29. The highest BCUT2D eigenvalue weighted by Crippen LogP contribution is 2.20. The summed E-state index contributed by atoms with van der Waals surface area (Å²) in [5.41, 5.74) is 0.494. The SMILES string of the molecule is N#C/C(=C/c1ccccc1O)C(=O)NC1CCCC1. The standard InChI is InChI=1S/C15H16N2O2/c16-10-12(9-11-5-1-4-8-14(11)18)15(19)17-13-6-2-3-7-13/h1,4-5,8-9,13,18H,2-3,6-7H2,(H,17,19)/b12-9-. The van der Waals surface area contributed by atoms with Crippen molar-refractivity contribution in [3.63, 3.8) is 0 Å². The number of amides is 1. The van der Waals surface area contributed by atoms with Crippen LogP contribution >= 0.6 is 0 Å². The van der Waals surface area contributed by atoms with Gasteiger partial charge in [-0.3, -0.25) is 4.79 Å². The molecule has 0 atom stereocenters. The Morgan fingerprint density at radius 2 is 2.05 bits per heavy atom. The summed E-state index contributed by atoms with van der Waals surface area (Å²) >= 11 is 0. The lowest BCUT2D eigenvalue weighted by Gasteiger charge is -2.11. The number of nitriles is 1. The first kappa shape index (κ1) is 13.2. The summed E-state index contributed by atoms with van der Waals surface area (Å²) in [7, 11) is 0. The van der Waals surface area contributed by atoms with Crippen molar-refractivity contribution < 1.29 is 9.90 Å². The quantitative estimate of drug-likeness (QED) is 0.644. The summed E-state index contributed by atoms with van der Waals surface area (Å²) in [6.45, 7) is 0. The molecule has 2 rings (SSSR count). The van der Waals surface area contributed by atoms with Gasteiger partial charge in [0.1, 0.15) is 17.4 Å². The van der Waals surface area contributed by atoms with E-state index >= 15 is 0 Å². The minimum atomic E-state index is -0.363. The van der Waals surface area contributed by atoms with Crippen molar-refractivity contribution in [2.24, 2.45) is 0 Å². The number of para-hydroxylation sites is 1. The third kappa shape index (κ3) is 3.35. The fourth-order valence-electron chi connectivity index (χ4n) is 2.25. The highest BCUT2D eigenvalue weighted by molar-refractivity contribution is 6.02. The molecule has 0 aliphatic heterocycles. The zero-order chi connectivity index (χ0) is 13.7. The molecule has 0 spiro atoms. The molecule has 1 aliphatic rings. The Kier molecular flexibility index (Phi) is 4.19. The Labute approximate surface area is 112 Å². The van der Waals surface area contributed by atoms with Crippen molar-refractivity contribution in [3.05, 3.63) is 35.4 Å². The van der Waals surface area contributed by atoms with Gasteiger partial charge in [-0.15, -0.1) is 0 Å². The Balaban J connectivity index is 2.13. The van der Waals surface area contributed by atoms with E-state index in [2.05, 4.69) is 5.32 Å². The number of hydrogen-bond acceptors (Lipinski definition) is 3. The van der Waals surface area contributed by atoms with Gasteiger partial charge in [0.15, 0.2) is 0 Å². The third-order valence-corrected chi connectivity index (χ3v) is 3.29. The highest BCUT2D eigenvalue weighted by atomic mass is 16.3. The molecule has 0 bridgehead atoms. The molecule has 1 fully saturated rings. The van der Waals surface area contributed by atoms with Crippen LogP contribution in [0, 0.1) is 11.3 Å². The van der Waals surface area contributed by atoms with Crippen molar-refractivity contribution in [2.45, 2.75) is 31.7 Å². The highest BCUT2D eigenvalue weighted by Gasteiger charge is 2.19. The second kappa shape index (κ2) is 6.05. The smallest absolute Gasteiger partial charge is 0.262 e. The summed E-state index contributed by atoms with van der Waals surface area (Å²) in [6, 6.07) is 8.69. The zero-order valence-corrected chi connectivity index (χ0v) is 10.6. The Morgan fingerprint density at radius 1 is 1.37 bits per heavy atom. The van der Waals surface area contributed by atoms with E-state index in [9.17, 15) is 9.90 Å². The number of phenolic OH excluding ortho intramolecular Hbond substituents is 1. The van der Waals surface area contributed by atoms with Gasteiger partial charge in [0.25, 0.3) is 5.91 Å². The van der Waals surface area contributed by atoms with Crippen LogP contribution in [0.3, 0.4) is 0 Å². The molecule has 1 saturated carbocycles. The van der Waals surface area contributed by atoms with Gasteiger partial charge in [0.05, 0.1) is 0 Å². The number of nitrogens with zero attached hydrogens (tertiary/aromatic N) is 1. The van der Waals surface area contributed by atoms with E-state index in [1.807, 2.05) is 6.07 Å². The molecule has 1 amide bonds. The monoisotopic (exact) mass is 256 g/mol. The van der Waals surface area contributed by atoms with Crippen LogP contribution in [0.2, 0.25) is 0 Å². The maximum Gasteiger partial charge on any atom is 0.262 e. The lowest BCUT2D eigenvalue weighted by atomic mass is 10.1. The average molecular weight is 256 g/mol. The van der Waals surface area contributed by atoms with Gasteiger partial charge in [-0.05, 0) is 25.0 Å². The average Bonchev–Trinajstić information content (AvgIpc) is 2.90. The van der Waals surface area contributed by atoms with Crippen LogP contribution in [0.25, 0.3) is 6.08 Å². The first-order chi connectivity index (χ1) is 9.20. The molecule has 0 radical (unpaired) electrons. The van der Waals surface area contributed by atoms with Crippen LogP contribution < -0.4 is 5.32 Å². The second-order valence-electron chi connectivity index (χ2n) is 4.68. The van der Waals surface area contributed by atoms with Gasteiger partial charge < -0.3 is 10.4 Å². The molecule has 0 heterocycles. The fourth-order valence-corrected chi connectivity index (χ4v) is 2.25. The predicted molar refractivity (Wildman–Crippen MR) is 72.1 cm³/mol. The molecule has 1 aromatic rings. The number of carbonyl (C=O) groups is 1. The molecule has 0 aromatic heterocycles. The van der Waals surface area contributed by atoms with E-state index < -0.39 is 0 Å². The number of aromatic hydroxyl groups is 1. The number of nitrogens with one attached hydrogen (secondary N) is 1. The van der Waals surface area contributed by atoms with Gasteiger partial charge >= 0.3 is 0 Å². The van der Waals surface area contributed by atoms with E-state index in [0.29, 0.717) is 5.56 Å². The molecule has 98 valence electrons. The summed E-state index contributed by atoms with van der Waals surface area (Å²) in [4.78, 5) is 12.0. The van der Waals surface area contributed by atoms with Crippen molar-refractivity contribution in [3.8, 4) is 11.8 Å². The van der Waals surface area contributed by atoms with E-state index in [-0.39, 0.29) is 23.3 Å². The minimum Gasteiger partial charge on any atom is -0.507 e. The second-order valence-corrected chi connectivity index (χ2v) is 4.68. The maximum atomic E-state index is 12.0. The molecule has 2 N–H and O–H groups in total. The van der Waals surface area contributed by atoms with Crippen LogP contribution in [0.5, 0.6) is 5.75 Å². The first-order valence-corrected chi connectivity index (χ1v) is 6.41. The van der Waals surface area contributed by atoms with E-state index in [0.717, 1.165) is 25.7 Å². The van der Waals surface area contributed by atoms with Crippen LogP contribution in [0.1, 0.15) is 31.2 Å². The lowest BCUT2D eigenvalue weighted by molar-refractivity contribution is -0.117.